The maximum absolute atomic E-state index is 15.1. The molecule has 5 rings (SSSR count). The molecule has 0 bridgehead atoms. The van der Waals surface area contributed by atoms with Gasteiger partial charge in [-0.15, -0.1) is 0 Å². The molecule has 2 aliphatic rings. The highest BCUT2D eigenvalue weighted by molar-refractivity contribution is 6.74. The zero-order chi connectivity index (χ0) is 41.4. The lowest BCUT2D eigenvalue weighted by molar-refractivity contribution is -0.408. The Morgan fingerprint density at radius 3 is 1.87 bits per heavy atom. The van der Waals surface area contributed by atoms with Crippen LogP contribution in [0, 0.1) is 0 Å². The van der Waals surface area contributed by atoms with Crippen LogP contribution in [0.5, 0.6) is 5.75 Å². The highest BCUT2D eigenvalue weighted by Crippen LogP contribution is 2.74. The molecule has 2 heterocycles. The highest BCUT2D eigenvalue weighted by atomic mass is 28.4. The second-order valence-electron chi connectivity index (χ2n) is 16.7. The number of fused-ring (bicyclic) bond motifs is 3. The first kappa shape index (κ1) is 42.1. The van der Waals surface area contributed by atoms with Gasteiger partial charge in [0, 0.05) is 0 Å². The molecule has 0 N–H and O–H groups in total. The van der Waals surface area contributed by atoms with Gasteiger partial charge in [-0.2, -0.15) is 26.3 Å². The van der Waals surface area contributed by atoms with E-state index in [2.05, 4.69) is 0 Å². The first-order chi connectivity index (χ1) is 25.1. The number of carbonyl (C=O) groups excluding carboxylic acids is 2. The first-order valence-electron chi connectivity index (χ1n) is 17.7. The SMILES string of the molecule is COc1ccc2c(c1)[C@]1(Cc3ccccc3)[C@@](O[Si](C)(C)C(C)(C)C)(O[C@@]1(C(=O)OC(C)C)c1cc(C(F)(F)F)cc(C(F)(F)F)c1)N2C(=O)OC(C)(C)C. The number of amides is 1. The van der Waals surface area contributed by atoms with E-state index in [1.165, 1.54) is 39.2 Å². The molecule has 0 unspecified atom stereocenters. The lowest BCUT2D eigenvalue weighted by Gasteiger charge is -2.68. The number of alkyl halides is 6. The van der Waals surface area contributed by atoms with Gasteiger partial charge in [0.25, 0.3) is 5.91 Å². The quantitative estimate of drug-likeness (QED) is 0.128. The first-order valence-corrected chi connectivity index (χ1v) is 20.6. The molecule has 2 aliphatic heterocycles. The molecule has 0 aromatic heterocycles. The summed E-state index contributed by atoms with van der Waals surface area (Å²) in [6.07, 6.45) is -12.8. The highest BCUT2D eigenvalue weighted by Gasteiger charge is 2.89. The molecular weight excluding hydrogens is 749 g/mol. The Balaban J connectivity index is 2.06. The topological polar surface area (TPSA) is 83.5 Å². The van der Waals surface area contributed by atoms with Crippen LogP contribution in [-0.4, -0.2) is 45.1 Å². The van der Waals surface area contributed by atoms with Crippen molar-refractivity contribution in [2.75, 3.05) is 12.0 Å². The van der Waals surface area contributed by atoms with Crippen molar-refractivity contribution in [3.8, 4) is 5.75 Å². The smallest absolute Gasteiger partial charge is 0.419 e. The number of methoxy groups -OCH3 is 1. The molecule has 0 spiro atoms. The lowest BCUT2D eigenvalue weighted by atomic mass is 9.55. The van der Waals surface area contributed by atoms with Crippen molar-refractivity contribution >= 4 is 26.1 Å². The largest absolute Gasteiger partial charge is 0.497 e. The number of ether oxygens (including phenoxy) is 4. The number of esters is 1. The number of halogens is 6. The summed E-state index contributed by atoms with van der Waals surface area (Å²) >= 11 is 0. The lowest BCUT2D eigenvalue weighted by Crippen LogP contribution is -2.86. The summed E-state index contributed by atoms with van der Waals surface area (Å²) in [5, 5.41) is -0.619. The van der Waals surface area contributed by atoms with E-state index in [9.17, 15) is 31.1 Å². The van der Waals surface area contributed by atoms with Crippen LogP contribution >= 0.6 is 0 Å². The second-order valence-corrected chi connectivity index (χ2v) is 21.5. The molecule has 3 aromatic rings. The van der Waals surface area contributed by atoms with E-state index in [-0.39, 0.29) is 29.5 Å². The van der Waals surface area contributed by atoms with Gasteiger partial charge in [-0.3, -0.25) is 0 Å². The molecule has 1 amide bonds. The number of hydrogen-bond donors (Lipinski definition) is 0. The van der Waals surface area contributed by atoms with Crippen molar-refractivity contribution in [3.05, 3.63) is 94.5 Å². The molecule has 3 atom stereocenters. The maximum Gasteiger partial charge on any atom is 0.419 e. The van der Waals surface area contributed by atoms with Crippen LogP contribution < -0.4 is 9.64 Å². The van der Waals surface area contributed by atoms with Gasteiger partial charge in [0.15, 0.2) is 8.32 Å². The molecule has 300 valence electrons. The molecular formula is C40H47F6NO7Si. The Morgan fingerprint density at radius 1 is 0.836 bits per heavy atom. The van der Waals surface area contributed by atoms with Gasteiger partial charge in [-0.05, 0) is 112 Å². The summed E-state index contributed by atoms with van der Waals surface area (Å²) in [5.74, 6) is -3.50. The summed E-state index contributed by atoms with van der Waals surface area (Å²) in [7, 11) is -1.87. The minimum Gasteiger partial charge on any atom is -0.497 e. The second kappa shape index (κ2) is 13.5. The van der Waals surface area contributed by atoms with Crippen LogP contribution in [0.2, 0.25) is 18.1 Å². The van der Waals surface area contributed by atoms with Crippen LogP contribution in [0.3, 0.4) is 0 Å². The van der Waals surface area contributed by atoms with Crippen LogP contribution in [0.15, 0.2) is 66.7 Å². The predicted octanol–water partition coefficient (Wildman–Crippen LogP) is 10.5. The third-order valence-electron chi connectivity index (χ3n) is 10.3. The number of carbonyl (C=O) groups is 2. The van der Waals surface area contributed by atoms with Gasteiger partial charge in [-0.25, -0.2) is 14.5 Å². The average Bonchev–Trinajstić information content (AvgIpc) is 3.20. The Kier molecular flexibility index (Phi) is 10.4. The van der Waals surface area contributed by atoms with Crippen molar-refractivity contribution in [2.24, 2.45) is 0 Å². The Bertz CT molecular complexity index is 1920. The Morgan fingerprint density at radius 2 is 1.40 bits per heavy atom. The third-order valence-corrected chi connectivity index (χ3v) is 14.7. The monoisotopic (exact) mass is 795 g/mol. The van der Waals surface area contributed by atoms with Crippen molar-refractivity contribution in [3.63, 3.8) is 0 Å². The van der Waals surface area contributed by atoms with Crippen LogP contribution in [0.25, 0.3) is 0 Å². The predicted molar refractivity (Wildman–Crippen MR) is 195 cm³/mol. The summed E-state index contributed by atoms with van der Waals surface area (Å²) < 4.78 is 119. The van der Waals surface area contributed by atoms with Gasteiger partial charge >= 0.3 is 24.4 Å². The van der Waals surface area contributed by atoms with Crippen LogP contribution in [-0.2, 0) is 53.2 Å². The van der Waals surface area contributed by atoms with Crippen molar-refractivity contribution < 1.29 is 59.3 Å². The summed E-state index contributed by atoms with van der Waals surface area (Å²) in [6.45, 7) is 17.2. The average molecular weight is 796 g/mol. The molecule has 1 fully saturated rings. The van der Waals surface area contributed by atoms with Gasteiger partial charge in [0.2, 0.25) is 5.60 Å². The fraction of sp³-hybridized carbons (Fsp3) is 0.500. The van der Waals surface area contributed by atoms with E-state index >= 15 is 4.79 Å². The normalized spacial score (nSPS) is 22.8. The summed E-state index contributed by atoms with van der Waals surface area (Å²) in [5.41, 5.74) is -9.56. The van der Waals surface area contributed by atoms with E-state index in [1.54, 1.807) is 51.1 Å². The number of anilines is 1. The van der Waals surface area contributed by atoms with E-state index in [4.69, 9.17) is 23.4 Å². The zero-order valence-electron chi connectivity index (χ0n) is 32.7. The number of hydrogen-bond acceptors (Lipinski definition) is 7. The fourth-order valence-electron chi connectivity index (χ4n) is 7.00. The van der Waals surface area contributed by atoms with Gasteiger partial charge in [0.1, 0.15) is 16.8 Å². The minimum absolute atomic E-state index is 0.0223. The molecule has 0 aliphatic carbocycles. The van der Waals surface area contributed by atoms with Gasteiger partial charge in [-0.1, -0.05) is 51.1 Å². The van der Waals surface area contributed by atoms with E-state index in [1.807, 2.05) is 33.9 Å². The summed E-state index contributed by atoms with van der Waals surface area (Å²) in [6, 6.07) is 13.9. The molecule has 0 radical (unpaired) electrons. The number of rotatable bonds is 8. The van der Waals surface area contributed by atoms with Gasteiger partial charge < -0.3 is 23.4 Å². The molecule has 0 saturated carbocycles. The standard InChI is InChI=1S/C40H47F6NO7Si/c1-24(2)51-32(48)37(26-19-27(38(41,42)43)21-28(20-26)39(44,45)46)36(23-25-15-13-12-14-16-25)30-22-29(50-9)17-18-31(30)47(33(49)52-34(3,4)5)40(36,53-37)54-55(10,11)35(6,7)8/h12-22,24H,23H2,1-11H3/t36-,37+,40-/m0/s1. The maximum atomic E-state index is 15.1. The van der Waals surface area contributed by atoms with E-state index < -0.39 is 83.1 Å². The van der Waals surface area contributed by atoms with Gasteiger partial charge in [0.05, 0.1) is 30.0 Å². The molecule has 55 heavy (non-hydrogen) atoms. The third kappa shape index (κ3) is 7.00. The van der Waals surface area contributed by atoms with Crippen molar-refractivity contribution in [2.45, 2.75) is 121 Å². The number of nitrogens with zero attached hydrogens (tertiary/aromatic N) is 1. The molecule has 15 heteroatoms. The van der Waals surface area contributed by atoms with E-state index in [0.717, 1.165) is 4.90 Å². The van der Waals surface area contributed by atoms with Crippen molar-refractivity contribution in [1.82, 2.24) is 0 Å². The Hall–Kier alpha value is -4.08. The minimum atomic E-state index is -5.29. The molecule has 3 aromatic carbocycles. The van der Waals surface area contributed by atoms with Crippen LogP contribution in [0.1, 0.15) is 83.2 Å². The number of benzene rings is 3. The van der Waals surface area contributed by atoms with Crippen LogP contribution in [0.4, 0.5) is 36.8 Å². The zero-order valence-corrected chi connectivity index (χ0v) is 33.7. The molecule has 8 nitrogen and oxygen atoms in total. The fourth-order valence-corrected chi connectivity index (χ4v) is 8.30. The van der Waals surface area contributed by atoms with Crippen molar-refractivity contribution in [1.29, 1.82) is 0 Å². The molecule has 1 saturated heterocycles. The Labute approximate surface area is 318 Å². The summed E-state index contributed by atoms with van der Waals surface area (Å²) in [4.78, 5) is 30.8. The van der Waals surface area contributed by atoms with E-state index in [0.29, 0.717) is 17.7 Å².